The quantitative estimate of drug-likeness (QED) is 0.691. The minimum absolute atomic E-state index is 0.127. The van der Waals surface area contributed by atoms with Gasteiger partial charge in [-0.15, -0.1) is 10.2 Å². The molecule has 0 saturated heterocycles. The van der Waals surface area contributed by atoms with E-state index in [0.29, 0.717) is 21.7 Å². The van der Waals surface area contributed by atoms with Gasteiger partial charge in [0, 0.05) is 35.7 Å². The zero-order chi connectivity index (χ0) is 17.8. The Bertz CT molecular complexity index is 884. The summed E-state index contributed by atoms with van der Waals surface area (Å²) in [5.74, 6) is 0.580. The van der Waals surface area contributed by atoms with Gasteiger partial charge in [-0.1, -0.05) is 29.4 Å². The molecule has 1 atom stereocenters. The summed E-state index contributed by atoms with van der Waals surface area (Å²) >= 11 is 7.28. The molecule has 0 aliphatic heterocycles. The number of carbonyl (C=O) groups excluding carboxylic acids is 1. The molecule has 2 heterocycles. The third kappa shape index (κ3) is 4.18. The number of nitrogens with one attached hydrogen (secondary N) is 1. The second-order valence-corrected chi connectivity index (χ2v) is 7.11. The van der Waals surface area contributed by atoms with Crippen LogP contribution in [-0.2, 0) is 11.8 Å². The molecule has 0 aliphatic rings. The number of hydrogen-bond donors (Lipinski definition) is 1. The smallest absolute Gasteiger partial charge is 0.237 e. The molecule has 0 aliphatic carbocycles. The Morgan fingerprint density at radius 1 is 1.28 bits per heavy atom. The van der Waals surface area contributed by atoms with Gasteiger partial charge in [0.15, 0.2) is 11.0 Å². The van der Waals surface area contributed by atoms with Crippen LogP contribution in [-0.4, -0.2) is 30.9 Å². The first kappa shape index (κ1) is 17.4. The predicted molar refractivity (Wildman–Crippen MR) is 99.6 cm³/mol. The van der Waals surface area contributed by atoms with Gasteiger partial charge in [-0.2, -0.15) is 0 Å². The highest BCUT2D eigenvalue weighted by Gasteiger charge is 2.19. The first-order valence-electron chi connectivity index (χ1n) is 7.57. The van der Waals surface area contributed by atoms with Crippen molar-refractivity contribution in [2.45, 2.75) is 17.3 Å². The average molecular weight is 374 g/mol. The van der Waals surface area contributed by atoms with Crippen molar-refractivity contribution in [1.29, 1.82) is 0 Å². The Kier molecular flexibility index (Phi) is 5.35. The number of amides is 1. The van der Waals surface area contributed by atoms with Crippen molar-refractivity contribution in [3.05, 3.63) is 53.8 Å². The number of rotatable bonds is 5. The summed E-state index contributed by atoms with van der Waals surface area (Å²) in [7, 11) is 1.87. The summed E-state index contributed by atoms with van der Waals surface area (Å²) in [4.78, 5) is 16.5. The highest BCUT2D eigenvalue weighted by molar-refractivity contribution is 8.00. The second kappa shape index (κ2) is 7.67. The van der Waals surface area contributed by atoms with E-state index in [9.17, 15) is 4.79 Å². The van der Waals surface area contributed by atoms with Gasteiger partial charge in [0.25, 0.3) is 0 Å². The molecule has 6 nitrogen and oxygen atoms in total. The van der Waals surface area contributed by atoms with Crippen molar-refractivity contribution >= 4 is 35.0 Å². The Hall–Kier alpha value is -2.38. The number of carbonyl (C=O) groups is 1. The van der Waals surface area contributed by atoms with E-state index in [4.69, 9.17) is 11.6 Å². The molecular formula is C17H16ClN5OS. The van der Waals surface area contributed by atoms with Crippen LogP contribution in [0.15, 0.2) is 53.9 Å². The maximum Gasteiger partial charge on any atom is 0.237 e. The Morgan fingerprint density at radius 3 is 2.84 bits per heavy atom. The van der Waals surface area contributed by atoms with E-state index in [1.54, 1.807) is 36.7 Å². The number of nitrogens with zero attached hydrogens (tertiary/aromatic N) is 4. The molecule has 1 unspecified atom stereocenters. The first-order valence-corrected chi connectivity index (χ1v) is 8.83. The van der Waals surface area contributed by atoms with Crippen LogP contribution in [0.3, 0.4) is 0 Å². The van der Waals surface area contributed by atoms with E-state index in [0.717, 1.165) is 5.56 Å². The minimum atomic E-state index is -0.344. The van der Waals surface area contributed by atoms with Gasteiger partial charge in [0.1, 0.15) is 0 Å². The largest absolute Gasteiger partial charge is 0.325 e. The maximum absolute atomic E-state index is 12.4. The van der Waals surface area contributed by atoms with Gasteiger partial charge < -0.3 is 9.88 Å². The summed E-state index contributed by atoms with van der Waals surface area (Å²) in [6.45, 7) is 1.82. The molecule has 0 radical (unpaired) electrons. The standard InChI is InChI=1S/C17H16ClN5OS/c1-11(16(24)20-14-7-3-6-13(18)9-14)25-17-22-21-15(23(17)2)12-5-4-8-19-10-12/h3-11H,1-2H3,(H,20,24). The van der Waals surface area contributed by atoms with E-state index in [1.165, 1.54) is 11.8 Å². The van der Waals surface area contributed by atoms with Crippen molar-refractivity contribution in [1.82, 2.24) is 19.7 Å². The highest BCUT2D eigenvalue weighted by Crippen LogP contribution is 2.26. The molecule has 1 amide bonds. The summed E-state index contributed by atoms with van der Waals surface area (Å²) in [5, 5.41) is 12.1. The first-order chi connectivity index (χ1) is 12.0. The van der Waals surface area contributed by atoms with Crippen LogP contribution < -0.4 is 5.32 Å². The highest BCUT2D eigenvalue weighted by atomic mass is 35.5. The summed E-state index contributed by atoms with van der Waals surface area (Å²) in [6, 6.07) is 10.8. The number of halogens is 1. The molecule has 0 saturated carbocycles. The van der Waals surface area contributed by atoms with E-state index < -0.39 is 0 Å². The molecule has 128 valence electrons. The number of benzene rings is 1. The lowest BCUT2D eigenvalue weighted by atomic mass is 10.3. The fourth-order valence-electron chi connectivity index (χ4n) is 2.19. The molecule has 0 bridgehead atoms. The van der Waals surface area contributed by atoms with Gasteiger partial charge in [-0.05, 0) is 37.3 Å². The lowest BCUT2D eigenvalue weighted by Crippen LogP contribution is -2.22. The van der Waals surface area contributed by atoms with Crippen molar-refractivity contribution in [2.24, 2.45) is 7.05 Å². The fourth-order valence-corrected chi connectivity index (χ4v) is 3.19. The Labute approximate surface area is 154 Å². The van der Waals surface area contributed by atoms with Crippen molar-refractivity contribution in [2.75, 3.05) is 5.32 Å². The zero-order valence-corrected chi connectivity index (χ0v) is 15.3. The number of pyridine rings is 1. The van der Waals surface area contributed by atoms with Gasteiger partial charge in [0.2, 0.25) is 5.91 Å². The molecule has 25 heavy (non-hydrogen) atoms. The summed E-state index contributed by atoms with van der Waals surface area (Å²) < 4.78 is 1.85. The predicted octanol–water partition coefficient (Wildman–Crippen LogP) is 3.65. The normalized spacial score (nSPS) is 12.0. The number of hydrogen-bond acceptors (Lipinski definition) is 5. The molecular weight excluding hydrogens is 358 g/mol. The molecule has 3 aromatic rings. The lowest BCUT2D eigenvalue weighted by Gasteiger charge is -2.12. The van der Waals surface area contributed by atoms with Crippen LogP contribution in [0.5, 0.6) is 0 Å². The lowest BCUT2D eigenvalue weighted by molar-refractivity contribution is -0.115. The molecule has 1 N–H and O–H groups in total. The number of aromatic nitrogens is 4. The maximum atomic E-state index is 12.4. The molecule has 2 aromatic heterocycles. The summed E-state index contributed by atoms with van der Waals surface area (Å²) in [5.41, 5.74) is 1.54. The zero-order valence-electron chi connectivity index (χ0n) is 13.7. The average Bonchev–Trinajstić information content (AvgIpc) is 2.96. The van der Waals surface area contributed by atoms with Crippen molar-refractivity contribution in [3.8, 4) is 11.4 Å². The van der Waals surface area contributed by atoms with Gasteiger partial charge in [0.05, 0.1) is 5.25 Å². The number of thioether (sulfide) groups is 1. The van der Waals surface area contributed by atoms with E-state index in [2.05, 4.69) is 20.5 Å². The van der Waals surface area contributed by atoms with Crippen molar-refractivity contribution in [3.63, 3.8) is 0 Å². The monoisotopic (exact) mass is 373 g/mol. The Morgan fingerprint density at radius 2 is 2.12 bits per heavy atom. The topological polar surface area (TPSA) is 72.7 Å². The molecule has 8 heteroatoms. The van der Waals surface area contributed by atoms with Gasteiger partial charge >= 0.3 is 0 Å². The molecule has 0 spiro atoms. The fraction of sp³-hybridized carbons (Fsp3) is 0.176. The van der Waals surface area contributed by atoms with Crippen LogP contribution in [0.25, 0.3) is 11.4 Å². The van der Waals surface area contributed by atoms with Crippen LogP contribution in [0.2, 0.25) is 5.02 Å². The van der Waals surface area contributed by atoms with Crippen LogP contribution in [0.4, 0.5) is 5.69 Å². The summed E-state index contributed by atoms with van der Waals surface area (Å²) in [6.07, 6.45) is 3.44. The SMILES string of the molecule is CC(Sc1nnc(-c2cccnc2)n1C)C(=O)Nc1cccc(Cl)c1. The Balaban J connectivity index is 1.70. The third-order valence-corrected chi connectivity index (χ3v) is 4.87. The van der Waals surface area contributed by atoms with Crippen LogP contribution in [0.1, 0.15) is 6.92 Å². The molecule has 0 fully saturated rings. The van der Waals surface area contributed by atoms with Gasteiger partial charge in [-0.25, -0.2) is 0 Å². The van der Waals surface area contributed by atoms with E-state index in [-0.39, 0.29) is 11.2 Å². The van der Waals surface area contributed by atoms with E-state index >= 15 is 0 Å². The van der Waals surface area contributed by atoms with Crippen LogP contribution in [0, 0.1) is 0 Å². The third-order valence-electron chi connectivity index (χ3n) is 3.50. The van der Waals surface area contributed by atoms with E-state index in [1.807, 2.05) is 30.7 Å². The van der Waals surface area contributed by atoms with Crippen LogP contribution >= 0.6 is 23.4 Å². The second-order valence-electron chi connectivity index (χ2n) is 5.37. The molecule has 1 aromatic carbocycles. The molecule has 3 rings (SSSR count). The van der Waals surface area contributed by atoms with Crippen molar-refractivity contribution < 1.29 is 4.79 Å². The van der Waals surface area contributed by atoms with Gasteiger partial charge in [-0.3, -0.25) is 9.78 Å². The minimum Gasteiger partial charge on any atom is -0.325 e. The number of anilines is 1.